The summed E-state index contributed by atoms with van der Waals surface area (Å²) in [5.74, 6) is 5.54. The van der Waals surface area contributed by atoms with E-state index in [1.807, 2.05) is 86.6 Å². The Hall–Kier alpha value is -9.38. The highest BCUT2D eigenvalue weighted by Crippen LogP contribution is 2.48. The second kappa shape index (κ2) is 32.8. The Morgan fingerprint density at radius 3 is 0.870 bits per heavy atom. The van der Waals surface area contributed by atoms with E-state index in [2.05, 4.69) is 132 Å². The Bertz CT molecular complexity index is 4650. The molecule has 0 aromatic heterocycles. The van der Waals surface area contributed by atoms with E-state index in [9.17, 15) is 20.4 Å². The van der Waals surface area contributed by atoms with Crippen LogP contribution >= 0.6 is 24.8 Å². The number of hydrogen-bond acceptors (Lipinski definition) is 14. The highest BCUT2D eigenvalue weighted by Gasteiger charge is 2.38. The second-order valence-corrected chi connectivity index (χ2v) is 30.4. The van der Waals surface area contributed by atoms with Crippen LogP contribution in [0.4, 0.5) is 0 Å². The Morgan fingerprint density at radius 1 is 0.287 bits per heavy atom. The van der Waals surface area contributed by atoms with Crippen LogP contribution in [-0.2, 0) is 90.8 Å². The Balaban J connectivity index is 0.000000127. The SMILES string of the molecule is COc1cc2c(cc1O)CN1CCc3cc(C)c(O)cc3[C@@H]1C2.COc1cc2c(cc1O)CN1CCc3cc(C)c(O)cc3[C@H]1C2.COc1cc2c(cc1OCc1ccccc1)CN1CCc3cc(C)c(C)cc3[C@@H]1C2.COc1cc2c(cc1OCc1ccccc1)CN1CCc3cc(C)c(C)cc3[C@H]1C2.Cl.Cl. The summed E-state index contributed by atoms with van der Waals surface area (Å²) >= 11 is 0. The molecule has 0 aliphatic carbocycles. The molecule has 18 rings (SSSR count). The van der Waals surface area contributed by atoms with Gasteiger partial charge in [-0.15, -0.1) is 24.8 Å². The number of benzene rings is 10. The lowest BCUT2D eigenvalue weighted by Gasteiger charge is -2.42. The van der Waals surface area contributed by atoms with E-state index in [0.717, 1.165) is 149 Å². The van der Waals surface area contributed by atoms with Crippen molar-refractivity contribution in [1.29, 1.82) is 0 Å². The Morgan fingerprint density at radius 2 is 0.556 bits per heavy atom. The second-order valence-electron chi connectivity index (χ2n) is 30.4. The molecule has 16 heteroatoms. The van der Waals surface area contributed by atoms with Crippen molar-refractivity contribution in [1.82, 2.24) is 19.6 Å². The zero-order valence-corrected chi connectivity index (χ0v) is 65.5. The molecular weight excluding hydrogens is 1390 g/mol. The van der Waals surface area contributed by atoms with Gasteiger partial charge in [0.05, 0.1) is 28.4 Å². The van der Waals surface area contributed by atoms with E-state index in [1.165, 1.54) is 111 Å². The number of nitrogens with zero attached hydrogens (tertiary/aromatic N) is 4. The minimum absolute atomic E-state index is 0. The van der Waals surface area contributed by atoms with E-state index in [4.69, 9.17) is 28.4 Å². The van der Waals surface area contributed by atoms with Crippen molar-refractivity contribution < 1.29 is 48.8 Å². The van der Waals surface area contributed by atoms with Crippen LogP contribution < -0.4 is 28.4 Å². The summed E-state index contributed by atoms with van der Waals surface area (Å²) in [6, 6.07) is 56.1. The first-order valence-corrected chi connectivity index (χ1v) is 37.7. The highest BCUT2D eigenvalue weighted by atomic mass is 35.5. The predicted octanol–water partition coefficient (Wildman–Crippen LogP) is 18.1. The van der Waals surface area contributed by atoms with Crippen LogP contribution in [0.5, 0.6) is 57.5 Å². The van der Waals surface area contributed by atoms with Gasteiger partial charge in [-0.3, -0.25) is 19.6 Å². The number of ether oxygens (including phenoxy) is 6. The van der Waals surface area contributed by atoms with Crippen molar-refractivity contribution in [3.63, 3.8) is 0 Å². The lowest BCUT2D eigenvalue weighted by atomic mass is 9.82. The maximum Gasteiger partial charge on any atom is 0.162 e. The van der Waals surface area contributed by atoms with Crippen LogP contribution in [0.3, 0.4) is 0 Å². The van der Waals surface area contributed by atoms with Crippen molar-refractivity contribution in [3.8, 4) is 57.5 Å². The molecule has 0 bridgehead atoms. The molecule has 10 aromatic rings. The number of halogens is 2. The number of phenolic OH excluding ortho intramolecular Hbond substituents is 4. The fourth-order valence-electron chi connectivity index (χ4n) is 17.6. The topological polar surface area (TPSA) is 149 Å². The molecule has 8 heterocycles. The maximum atomic E-state index is 10.1. The fourth-order valence-corrected chi connectivity index (χ4v) is 17.6. The van der Waals surface area contributed by atoms with E-state index in [0.29, 0.717) is 48.3 Å². The smallest absolute Gasteiger partial charge is 0.162 e. The van der Waals surface area contributed by atoms with Gasteiger partial charge in [0.15, 0.2) is 46.0 Å². The molecule has 4 N–H and O–H groups in total. The number of fused-ring (bicyclic) bond motifs is 16. The maximum absolute atomic E-state index is 10.1. The van der Waals surface area contributed by atoms with Crippen LogP contribution in [0, 0.1) is 41.5 Å². The van der Waals surface area contributed by atoms with Crippen LogP contribution in [0.15, 0.2) is 158 Å². The zero-order valence-electron chi connectivity index (χ0n) is 63.9. The molecule has 8 aliphatic heterocycles. The molecule has 4 atom stereocenters. The lowest BCUT2D eigenvalue weighted by molar-refractivity contribution is 0.160. The van der Waals surface area contributed by atoms with Crippen LogP contribution in [0.25, 0.3) is 0 Å². The van der Waals surface area contributed by atoms with Gasteiger partial charge in [0, 0.05) is 76.5 Å². The predicted molar refractivity (Wildman–Crippen MR) is 431 cm³/mol. The molecule has 0 radical (unpaired) electrons. The summed E-state index contributed by atoms with van der Waals surface area (Å²) in [4.78, 5) is 10.1. The van der Waals surface area contributed by atoms with Gasteiger partial charge in [0.25, 0.3) is 0 Å². The first-order valence-electron chi connectivity index (χ1n) is 37.7. The van der Waals surface area contributed by atoms with Gasteiger partial charge in [0.2, 0.25) is 0 Å². The van der Waals surface area contributed by atoms with E-state index in [1.54, 1.807) is 28.4 Å². The number of phenols is 4. The number of aromatic hydroxyl groups is 4. The van der Waals surface area contributed by atoms with Gasteiger partial charge in [-0.1, -0.05) is 97.1 Å². The van der Waals surface area contributed by atoms with Gasteiger partial charge in [-0.25, -0.2) is 0 Å². The van der Waals surface area contributed by atoms with Gasteiger partial charge >= 0.3 is 0 Å². The minimum Gasteiger partial charge on any atom is -0.508 e. The van der Waals surface area contributed by atoms with Crippen LogP contribution in [0.1, 0.15) is 158 Å². The normalized spacial score (nSPS) is 18.2. The Labute approximate surface area is 649 Å². The first kappa shape index (κ1) is 76.8. The molecule has 0 fully saturated rings. The quantitative estimate of drug-likeness (QED) is 0.103. The molecule has 0 saturated carbocycles. The highest BCUT2D eigenvalue weighted by molar-refractivity contribution is 5.85. The molecule has 0 saturated heterocycles. The minimum atomic E-state index is 0. The van der Waals surface area contributed by atoms with Gasteiger partial charge in [-0.05, 0) is 287 Å². The standard InChI is InChI=1S/2C27H29NO2.2C19H21NO3.2ClH/c2*1-18-11-21-9-10-28-16-23-15-27(30-17-20-7-5-4-6-8-20)26(29-3)14-22(23)13-25(28)24(21)12-19(18)2;2*1-11-5-12-3-4-20-10-14-7-18(22)19(23-2)8-13(14)6-16(20)15(12)9-17(11)21;;/h2*4-8,11-12,14-15,25H,9-10,13,16-17H2,1-3H3;2*5,7-9,16,21-22H,3-4,6,10H2,1-2H3;2*1H/t2*25-;2*16-;;/m1010../s1. The van der Waals surface area contributed by atoms with Gasteiger partial charge < -0.3 is 48.8 Å². The van der Waals surface area contributed by atoms with E-state index >= 15 is 0 Å². The van der Waals surface area contributed by atoms with Crippen molar-refractivity contribution in [2.45, 2.75) is 156 Å². The van der Waals surface area contributed by atoms with Crippen LogP contribution in [0.2, 0.25) is 0 Å². The third kappa shape index (κ3) is 15.8. The number of aryl methyl sites for hydroxylation is 6. The summed E-state index contributed by atoms with van der Waals surface area (Å²) in [6.07, 6.45) is 8.09. The van der Waals surface area contributed by atoms with Crippen molar-refractivity contribution in [2.24, 2.45) is 0 Å². The number of rotatable bonds is 10. The monoisotopic (exact) mass is 1490 g/mol. The van der Waals surface area contributed by atoms with E-state index < -0.39 is 0 Å². The molecule has 8 aliphatic rings. The number of methoxy groups -OCH3 is 4. The molecule has 0 amide bonds. The third-order valence-electron chi connectivity index (χ3n) is 23.9. The number of hydrogen-bond donors (Lipinski definition) is 4. The molecule has 0 unspecified atom stereocenters. The van der Waals surface area contributed by atoms with Gasteiger partial charge in [-0.2, -0.15) is 0 Å². The average molecular weight is 1490 g/mol. The molecule has 10 aromatic carbocycles. The molecular formula is C92H102Cl2N4O10. The van der Waals surface area contributed by atoms with E-state index in [-0.39, 0.29) is 48.4 Å². The molecule has 108 heavy (non-hydrogen) atoms. The van der Waals surface area contributed by atoms with Crippen molar-refractivity contribution in [3.05, 3.63) is 291 Å². The average Bonchev–Trinajstić information content (AvgIpc) is 0.775. The van der Waals surface area contributed by atoms with Gasteiger partial charge in [0.1, 0.15) is 24.7 Å². The molecule has 564 valence electrons. The molecule has 0 spiro atoms. The zero-order chi connectivity index (χ0) is 73.6. The fraction of sp³-hybridized carbons (Fsp3) is 0.348. The van der Waals surface area contributed by atoms with Crippen LogP contribution in [-0.4, -0.2) is 94.6 Å². The lowest BCUT2D eigenvalue weighted by Crippen LogP contribution is -2.39. The third-order valence-corrected chi connectivity index (χ3v) is 23.9. The summed E-state index contributed by atoms with van der Waals surface area (Å²) in [5, 5.41) is 40.2. The summed E-state index contributed by atoms with van der Waals surface area (Å²) in [6.45, 7) is 21.7. The first-order chi connectivity index (χ1) is 51.4. The summed E-state index contributed by atoms with van der Waals surface area (Å²) < 4.78 is 34.2. The Kier molecular flexibility index (Phi) is 23.3. The summed E-state index contributed by atoms with van der Waals surface area (Å²) in [7, 11) is 6.61. The molecule has 14 nitrogen and oxygen atoms in total. The summed E-state index contributed by atoms with van der Waals surface area (Å²) in [5.41, 5.74) is 31.3. The van der Waals surface area contributed by atoms with Crippen molar-refractivity contribution >= 4 is 24.8 Å². The van der Waals surface area contributed by atoms with Crippen molar-refractivity contribution in [2.75, 3.05) is 54.6 Å². The largest absolute Gasteiger partial charge is 0.508 e.